The number of H-pyrrole nitrogens is 1. The third kappa shape index (κ3) is 3.36. The predicted molar refractivity (Wildman–Crippen MR) is 122 cm³/mol. The van der Waals surface area contributed by atoms with Crippen LogP contribution in [-0.2, 0) is 4.74 Å². The smallest absolute Gasteiger partial charge is 0.416 e. The van der Waals surface area contributed by atoms with Crippen molar-refractivity contribution in [2.24, 2.45) is 0 Å². The molecule has 10 heteroatoms. The zero-order valence-electron chi connectivity index (χ0n) is 18.0. The number of cyclic esters (lactones) is 1. The maximum Gasteiger partial charge on any atom is 0.416 e. The van der Waals surface area contributed by atoms with Crippen molar-refractivity contribution >= 4 is 17.6 Å². The Kier molecular flexibility index (Phi) is 4.58. The molecule has 2 aromatic carbocycles. The van der Waals surface area contributed by atoms with Gasteiger partial charge in [-0.2, -0.15) is 5.10 Å². The van der Waals surface area contributed by atoms with Gasteiger partial charge < -0.3 is 9.72 Å². The lowest BCUT2D eigenvalue weighted by Gasteiger charge is -2.20. The number of ether oxygens (including phenoxy) is 1. The number of benzene rings is 2. The largest absolute Gasteiger partial charge is 0.447 e. The number of halogens is 1. The molecule has 1 fully saturated rings. The van der Waals surface area contributed by atoms with Crippen LogP contribution in [0.5, 0.6) is 0 Å². The van der Waals surface area contributed by atoms with Gasteiger partial charge in [-0.3, -0.25) is 4.90 Å². The Labute approximate surface area is 192 Å². The highest BCUT2D eigenvalue weighted by Crippen LogP contribution is 2.33. The fraction of sp³-hybridized carbons (Fsp3) is 0.125. The highest BCUT2D eigenvalue weighted by molar-refractivity contribution is 5.90. The Balaban J connectivity index is 1.37. The van der Waals surface area contributed by atoms with Crippen LogP contribution in [0.2, 0.25) is 0 Å². The van der Waals surface area contributed by atoms with E-state index in [1.165, 1.54) is 17.0 Å². The Morgan fingerprint density at radius 1 is 1.03 bits per heavy atom. The van der Waals surface area contributed by atoms with Crippen LogP contribution in [0.3, 0.4) is 0 Å². The molecule has 1 aliphatic heterocycles. The molecule has 1 amide bonds. The lowest BCUT2D eigenvalue weighted by atomic mass is 10.1. The maximum atomic E-state index is 13.4. The molecule has 6 rings (SSSR count). The molecule has 3 aromatic heterocycles. The second-order valence-corrected chi connectivity index (χ2v) is 7.96. The van der Waals surface area contributed by atoms with Crippen LogP contribution < -0.4 is 4.90 Å². The first-order chi connectivity index (χ1) is 16.6. The van der Waals surface area contributed by atoms with E-state index in [0.29, 0.717) is 17.3 Å². The molecule has 1 unspecified atom stereocenters. The number of amides is 1. The molecular formula is C24H18FN7O2. The molecule has 1 saturated heterocycles. The SMILES string of the molecule is Cc1nnc(-c2ccc(-c3cnn4ccc(N5C(=O)OCC5c5ccc(F)cc5)nc34)cc2)[nH]1. The molecular weight excluding hydrogens is 437 g/mol. The van der Waals surface area contributed by atoms with Gasteiger partial charge in [0, 0.05) is 17.3 Å². The van der Waals surface area contributed by atoms with Crippen LogP contribution in [0, 0.1) is 12.7 Å². The Morgan fingerprint density at radius 2 is 1.79 bits per heavy atom. The van der Waals surface area contributed by atoms with E-state index < -0.39 is 12.1 Å². The second kappa shape index (κ2) is 7.77. The maximum absolute atomic E-state index is 13.4. The lowest BCUT2D eigenvalue weighted by Crippen LogP contribution is -2.28. The normalized spacial score (nSPS) is 15.8. The predicted octanol–water partition coefficient (Wildman–Crippen LogP) is 4.33. The van der Waals surface area contributed by atoms with Gasteiger partial charge in [-0.1, -0.05) is 36.4 Å². The summed E-state index contributed by atoms with van der Waals surface area (Å²) in [6.07, 6.45) is 2.98. The number of fused-ring (bicyclic) bond motifs is 1. The van der Waals surface area contributed by atoms with Crippen molar-refractivity contribution in [1.29, 1.82) is 0 Å². The minimum Gasteiger partial charge on any atom is -0.447 e. The number of carbonyl (C=O) groups excluding carboxylic acids is 1. The highest BCUT2D eigenvalue weighted by atomic mass is 19.1. The summed E-state index contributed by atoms with van der Waals surface area (Å²) in [5, 5.41) is 12.5. The van der Waals surface area contributed by atoms with Crippen LogP contribution in [0.4, 0.5) is 15.0 Å². The molecule has 5 aromatic rings. The van der Waals surface area contributed by atoms with E-state index in [9.17, 15) is 9.18 Å². The van der Waals surface area contributed by atoms with Crippen molar-refractivity contribution in [3.8, 4) is 22.5 Å². The van der Waals surface area contributed by atoms with Gasteiger partial charge in [-0.05, 0) is 36.2 Å². The Morgan fingerprint density at radius 3 is 2.53 bits per heavy atom. The second-order valence-electron chi connectivity index (χ2n) is 7.96. The lowest BCUT2D eigenvalue weighted by molar-refractivity contribution is 0.179. The summed E-state index contributed by atoms with van der Waals surface area (Å²) >= 11 is 0. The van der Waals surface area contributed by atoms with E-state index in [-0.39, 0.29) is 12.4 Å². The molecule has 4 heterocycles. The van der Waals surface area contributed by atoms with Crippen LogP contribution in [-0.4, -0.2) is 42.5 Å². The number of hydrogen-bond acceptors (Lipinski definition) is 6. The zero-order chi connectivity index (χ0) is 23.2. The summed E-state index contributed by atoms with van der Waals surface area (Å²) in [7, 11) is 0. The standard InChI is InChI=1S/C24H18FN7O2/c1-14-27-22(30-29-14)17-4-2-15(3-5-17)19-12-26-31-11-10-21(28-23(19)31)32-20(13-34-24(32)33)16-6-8-18(25)9-7-16/h2-12,20H,13H2,1H3,(H,27,29,30). The van der Waals surface area contributed by atoms with Crippen LogP contribution in [0.25, 0.3) is 28.2 Å². The minimum atomic E-state index is -0.501. The van der Waals surface area contributed by atoms with Gasteiger partial charge in [0.25, 0.3) is 0 Å². The van der Waals surface area contributed by atoms with Gasteiger partial charge in [-0.25, -0.2) is 18.7 Å². The summed E-state index contributed by atoms with van der Waals surface area (Å²) in [5.41, 5.74) is 4.00. The van der Waals surface area contributed by atoms with Crippen molar-refractivity contribution in [3.05, 3.63) is 84.2 Å². The van der Waals surface area contributed by atoms with E-state index in [1.54, 1.807) is 35.1 Å². The van der Waals surface area contributed by atoms with Gasteiger partial charge in [0.1, 0.15) is 30.1 Å². The summed E-state index contributed by atoms with van der Waals surface area (Å²) in [5.74, 6) is 1.54. The molecule has 0 radical (unpaired) electrons. The molecule has 0 saturated carbocycles. The van der Waals surface area contributed by atoms with E-state index >= 15 is 0 Å². The van der Waals surface area contributed by atoms with Crippen molar-refractivity contribution in [2.45, 2.75) is 13.0 Å². The third-order valence-corrected chi connectivity index (χ3v) is 5.80. The van der Waals surface area contributed by atoms with Crippen LogP contribution >= 0.6 is 0 Å². The molecule has 0 aliphatic carbocycles. The highest BCUT2D eigenvalue weighted by Gasteiger charge is 2.36. The van der Waals surface area contributed by atoms with Crippen molar-refractivity contribution in [3.63, 3.8) is 0 Å². The van der Waals surface area contributed by atoms with Crippen molar-refractivity contribution in [2.75, 3.05) is 11.5 Å². The number of nitrogens with one attached hydrogen (secondary N) is 1. The number of aromatic nitrogens is 6. The Bertz CT molecular complexity index is 1510. The first kappa shape index (κ1) is 20.0. The number of nitrogens with zero attached hydrogens (tertiary/aromatic N) is 6. The van der Waals surface area contributed by atoms with Gasteiger partial charge in [0.15, 0.2) is 11.5 Å². The first-order valence-corrected chi connectivity index (χ1v) is 10.6. The molecule has 1 aliphatic rings. The van der Waals surface area contributed by atoms with Crippen LogP contribution in [0.1, 0.15) is 17.4 Å². The van der Waals surface area contributed by atoms with E-state index in [0.717, 1.165) is 28.1 Å². The number of hydrogen-bond donors (Lipinski definition) is 1. The molecule has 1 atom stereocenters. The Hall–Kier alpha value is -4.60. The van der Waals surface area contributed by atoms with Gasteiger partial charge >= 0.3 is 6.09 Å². The monoisotopic (exact) mass is 455 g/mol. The molecule has 1 N–H and O–H groups in total. The topological polar surface area (TPSA) is 101 Å². The average molecular weight is 455 g/mol. The van der Waals surface area contributed by atoms with Crippen molar-refractivity contribution < 1.29 is 13.9 Å². The number of carbonyl (C=O) groups is 1. The molecule has 9 nitrogen and oxygen atoms in total. The van der Waals surface area contributed by atoms with E-state index in [4.69, 9.17) is 9.72 Å². The summed E-state index contributed by atoms with van der Waals surface area (Å²) in [6, 6.07) is 15.2. The first-order valence-electron chi connectivity index (χ1n) is 10.6. The quantitative estimate of drug-likeness (QED) is 0.433. The number of aromatic amines is 1. The van der Waals surface area contributed by atoms with E-state index in [1.807, 2.05) is 31.2 Å². The minimum absolute atomic E-state index is 0.159. The average Bonchev–Trinajstić information content (AvgIpc) is 3.57. The molecule has 0 bridgehead atoms. The molecule has 34 heavy (non-hydrogen) atoms. The fourth-order valence-corrected chi connectivity index (χ4v) is 4.09. The molecule has 0 spiro atoms. The van der Waals surface area contributed by atoms with Crippen LogP contribution in [0.15, 0.2) is 67.0 Å². The molecule has 168 valence electrons. The fourth-order valence-electron chi connectivity index (χ4n) is 4.09. The number of anilines is 1. The van der Waals surface area contributed by atoms with Gasteiger partial charge in [0.05, 0.1) is 6.20 Å². The third-order valence-electron chi connectivity index (χ3n) is 5.80. The summed E-state index contributed by atoms with van der Waals surface area (Å²) in [4.78, 5) is 21.9. The zero-order valence-corrected chi connectivity index (χ0v) is 18.0. The summed E-state index contributed by atoms with van der Waals surface area (Å²) < 4.78 is 20.3. The summed E-state index contributed by atoms with van der Waals surface area (Å²) in [6.45, 7) is 2.01. The van der Waals surface area contributed by atoms with Gasteiger partial charge in [0.2, 0.25) is 0 Å². The van der Waals surface area contributed by atoms with E-state index in [2.05, 4.69) is 20.3 Å². The number of rotatable bonds is 4. The van der Waals surface area contributed by atoms with Crippen molar-refractivity contribution in [1.82, 2.24) is 29.8 Å². The van der Waals surface area contributed by atoms with Gasteiger partial charge in [-0.15, -0.1) is 10.2 Å². The number of aryl methyl sites for hydroxylation is 1.